The quantitative estimate of drug-likeness (QED) is 0.581. The molecule has 2 rings (SSSR count). The predicted octanol–water partition coefficient (Wildman–Crippen LogP) is 1.75. The summed E-state index contributed by atoms with van der Waals surface area (Å²) in [5.74, 6) is -1.27. The maximum Gasteiger partial charge on any atom is 0.259 e. The molecule has 128 valence electrons. The molecule has 0 saturated carbocycles. The highest BCUT2D eigenvalue weighted by Gasteiger charge is 2.27. The summed E-state index contributed by atoms with van der Waals surface area (Å²) in [6, 6.07) is 9.76. The van der Waals surface area contributed by atoms with Crippen molar-refractivity contribution in [1.82, 2.24) is 10.6 Å². The molecule has 24 heavy (non-hydrogen) atoms. The van der Waals surface area contributed by atoms with E-state index in [1.807, 2.05) is 37.3 Å². The van der Waals surface area contributed by atoms with Gasteiger partial charge in [0.15, 0.2) is 0 Å². The van der Waals surface area contributed by atoms with Gasteiger partial charge in [0, 0.05) is 17.9 Å². The van der Waals surface area contributed by atoms with Crippen LogP contribution < -0.4 is 10.6 Å². The molecule has 2 atom stereocenters. The van der Waals surface area contributed by atoms with Crippen LogP contribution in [0.5, 0.6) is 0 Å². The van der Waals surface area contributed by atoms with Crippen molar-refractivity contribution < 1.29 is 14.4 Å². The van der Waals surface area contributed by atoms with Crippen molar-refractivity contribution in [3.05, 3.63) is 30.3 Å². The summed E-state index contributed by atoms with van der Waals surface area (Å²) >= 11 is 1.52. The van der Waals surface area contributed by atoms with E-state index in [0.717, 1.165) is 4.90 Å². The molecule has 0 aliphatic carbocycles. The van der Waals surface area contributed by atoms with Crippen molar-refractivity contribution in [2.75, 3.05) is 6.54 Å². The van der Waals surface area contributed by atoms with Gasteiger partial charge < -0.3 is 10.6 Å². The smallest absolute Gasteiger partial charge is 0.259 e. The van der Waals surface area contributed by atoms with Crippen molar-refractivity contribution in [2.24, 2.45) is 10.9 Å². The van der Waals surface area contributed by atoms with Gasteiger partial charge in [-0.15, -0.1) is 11.8 Å². The third-order valence-electron chi connectivity index (χ3n) is 3.62. The highest BCUT2D eigenvalue weighted by molar-refractivity contribution is 8.00. The van der Waals surface area contributed by atoms with Crippen LogP contribution in [-0.2, 0) is 14.4 Å². The third-order valence-corrected chi connectivity index (χ3v) is 5.00. The second kappa shape index (κ2) is 8.63. The zero-order valence-corrected chi connectivity index (χ0v) is 14.6. The molecule has 2 N–H and O–H groups in total. The summed E-state index contributed by atoms with van der Waals surface area (Å²) in [6.45, 7) is 3.81. The standard InChI is InChI=1S/C17H21N3O3S/c1-3-13(24-12-7-5-4-6-8-12)17(23)18-10-9-14-19-15(21)11(2)16(22)20-14/h4-8,11,13H,3,9-10H2,1-2H3,(H,18,23)(H,19,20,21,22)/t13-/m1/s1. The molecule has 0 bridgehead atoms. The number of carbonyl (C=O) groups is 3. The fourth-order valence-corrected chi connectivity index (χ4v) is 3.14. The maximum absolute atomic E-state index is 12.3. The summed E-state index contributed by atoms with van der Waals surface area (Å²) in [4.78, 5) is 40.2. The Morgan fingerprint density at radius 2 is 2.04 bits per heavy atom. The van der Waals surface area contributed by atoms with E-state index in [-0.39, 0.29) is 17.1 Å². The molecule has 0 spiro atoms. The van der Waals surface area contributed by atoms with Gasteiger partial charge in [-0.2, -0.15) is 4.99 Å². The zero-order valence-electron chi connectivity index (χ0n) is 13.7. The van der Waals surface area contributed by atoms with Gasteiger partial charge in [0.2, 0.25) is 11.8 Å². The molecule has 1 aromatic rings. The number of benzene rings is 1. The Kier molecular flexibility index (Phi) is 6.54. The Morgan fingerprint density at radius 1 is 1.33 bits per heavy atom. The SMILES string of the molecule is CC[C@@H](Sc1ccccc1)C(=O)NCCC1=NC(=O)[C@H](C)C(=O)N1. The normalized spacial score (nSPS) is 18.6. The first-order valence-corrected chi connectivity index (χ1v) is 8.81. The van der Waals surface area contributed by atoms with E-state index in [1.54, 1.807) is 0 Å². The first-order chi connectivity index (χ1) is 11.5. The van der Waals surface area contributed by atoms with Crippen LogP contribution >= 0.6 is 11.8 Å². The minimum atomic E-state index is -0.741. The lowest BCUT2D eigenvalue weighted by molar-refractivity contribution is -0.132. The second-order valence-corrected chi connectivity index (χ2v) is 6.75. The first-order valence-electron chi connectivity index (χ1n) is 7.93. The molecule has 0 radical (unpaired) electrons. The van der Waals surface area contributed by atoms with Gasteiger partial charge in [0.1, 0.15) is 11.8 Å². The number of hydrogen-bond donors (Lipinski definition) is 2. The fourth-order valence-electron chi connectivity index (χ4n) is 2.14. The minimum Gasteiger partial charge on any atom is -0.355 e. The molecule has 0 unspecified atom stereocenters. The van der Waals surface area contributed by atoms with E-state index < -0.39 is 11.8 Å². The lowest BCUT2D eigenvalue weighted by Gasteiger charge is -2.18. The Morgan fingerprint density at radius 3 is 2.67 bits per heavy atom. The summed E-state index contributed by atoms with van der Waals surface area (Å²) in [7, 11) is 0. The molecule has 1 aromatic carbocycles. The van der Waals surface area contributed by atoms with E-state index in [4.69, 9.17) is 0 Å². The molecule has 1 heterocycles. The van der Waals surface area contributed by atoms with Crippen molar-refractivity contribution in [1.29, 1.82) is 0 Å². The highest BCUT2D eigenvalue weighted by Crippen LogP contribution is 2.25. The first kappa shape index (κ1) is 18.2. The van der Waals surface area contributed by atoms with Crippen LogP contribution in [0.2, 0.25) is 0 Å². The monoisotopic (exact) mass is 347 g/mol. The number of hydrogen-bond acceptors (Lipinski definition) is 4. The summed E-state index contributed by atoms with van der Waals surface area (Å²) in [5.41, 5.74) is 0. The lowest BCUT2D eigenvalue weighted by atomic mass is 10.1. The average molecular weight is 347 g/mol. The Labute approximate surface area is 145 Å². The molecular weight excluding hydrogens is 326 g/mol. The predicted molar refractivity (Wildman–Crippen MR) is 93.8 cm³/mol. The molecule has 1 aliphatic rings. The number of nitrogens with one attached hydrogen (secondary N) is 2. The molecule has 0 fully saturated rings. The van der Waals surface area contributed by atoms with Crippen LogP contribution in [-0.4, -0.2) is 35.4 Å². The van der Waals surface area contributed by atoms with E-state index in [0.29, 0.717) is 25.2 Å². The van der Waals surface area contributed by atoms with Gasteiger partial charge in [-0.05, 0) is 25.5 Å². The summed E-state index contributed by atoms with van der Waals surface area (Å²) < 4.78 is 0. The number of amidine groups is 1. The largest absolute Gasteiger partial charge is 0.355 e. The number of carbonyl (C=O) groups excluding carboxylic acids is 3. The number of rotatable bonds is 7. The number of amides is 3. The van der Waals surface area contributed by atoms with Gasteiger partial charge >= 0.3 is 0 Å². The minimum absolute atomic E-state index is 0.0613. The van der Waals surface area contributed by atoms with E-state index in [9.17, 15) is 14.4 Å². The van der Waals surface area contributed by atoms with E-state index in [2.05, 4.69) is 15.6 Å². The molecule has 0 saturated heterocycles. The average Bonchev–Trinajstić information content (AvgIpc) is 2.58. The summed E-state index contributed by atoms with van der Waals surface area (Å²) in [6.07, 6.45) is 1.03. The van der Waals surface area contributed by atoms with Crippen molar-refractivity contribution in [3.63, 3.8) is 0 Å². The van der Waals surface area contributed by atoms with Crippen LogP contribution in [0.25, 0.3) is 0 Å². The molecule has 6 nitrogen and oxygen atoms in total. The fraction of sp³-hybridized carbons (Fsp3) is 0.412. The van der Waals surface area contributed by atoms with Crippen LogP contribution in [0.4, 0.5) is 0 Å². The van der Waals surface area contributed by atoms with Crippen molar-refractivity contribution in [3.8, 4) is 0 Å². The number of thioether (sulfide) groups is 1. The molecular formula is C17H21N3O3S. The van der Waals surface area contributed by atoms with Gasteiger partial charge in [-0.1, -0.05) is 25.1 Å². The van der Waals surface area contributed by atoms with Crippen LogP contribution in [0.1, 0.15) is 26.7 Å². The van der Waals surface area contributed by atoms with Crippen molar-refractivity contribution in [2.45, 2.75) is 36.8 Å². The van der Waals surface area contributed by atoms with Gasteiger partial charge in [-0.25, -0.2) is 0 Å². The Balaban J connectivity index is 1.82. The van der Waals surface area contributed by atoms with E-state index in [1.165, 1.54) is 18.7 Å². The van der Waals surface area contributed by atoms with Crippen LogP contribution in [0.3, 0.4) is 0 Å². The van der Waals surface area contributed by atoms with Gasteiger partial charge in [0.25, 0.3) is 5.91 Å². The van der Waals surface area contributed by atoms with Crippen LogP contribution in [0.15, 0.2) is 40.2 Å². The maximum atomic E-state index is 12.3. The lowest BCUT2D eigenvalue weighted by Crippen LogP contribution is -2.44. The Hall–Kier alpha value is -2.15. The molecule has 0 aromatic heterocycles. The van der Waals surface area contributed by atoms with Crippen molar-refractivity contribution >= 4 is 35.3 Å². The summed E-state index contributed by atoms with van der Waals surface area (Å²) in [5, 5.41) is 5.24. The molecule has 3 amide bonds. The number of aliphatic imine (C=N–C) groups is 1. The van der Waals surface area contributed by atoms with Gasteiger partial charge in [0.05, 0.1) is 5.25 Å². The topological polar surface area (TPSA) is 87.6 Å². The highest BCUT2D eigenvalue weighted by atomic mass is 32.2. The molecule has 7 heteroatoms. The third kappa shape index (κ3) is 4.92. The van der Waals surface area contributed by atoms with Gasteiger partial charge in [-0.3, -0.25) is 14.4 Å². The van der Waals surface area contributed by atoms with E-state index >= 15 is 0 Å². The zero-order chi connectivity index (χ0) is 17.5. The molecule has 1 aliphatic heterocycles. The number of nitrogens with zero attached hydrogens (tertiary/aromatic N) is 1. The van der Waals surface area contributed by atoms with Crippen LogP contribution in [0, 0.1) is 5.92 Å². The Bertz CT molecular complexity index is 646. The second-order valence-electron chi connectivity index (χ2n) is 5.48.